The Morgan fingerprint density at radius 1 is 1.54 bits per heavy atom. The van der Waals surface area contributed by atoms with Crippen LogP contribution in [0.2, 0.25) is 5.02 Å². The normalized spacial score (nSPS) is 10.4. The molecule has 0 atom stereocenters. The number of benzene rings is 1. The van der Waals surface area contributed by atoms with Gasteiger partial charge in [0.15, 0.2) is 5.16 Å². The number of nitro benzene ring substituents is 1. The van der Waals surface area contributed by atoms with Crippen LogP contribution in [-0.4, -0.2) is 31.3 Å². The maximum atomic E-state index is 12.0. The van der Waals surface area contributed by atoms with Crippen molar-refractivity contribution < 1.29 is 9.72 Å². The van der Waals surface area contributed by atoms with Gasteiger partial charge < -0.3 is 11.1 Å². The summed E-state index contributed by atoms with van der Waals surface area (Å²) < 4.78 is 1.61. The molecule has 11 heteroatoms. The van der Waals surface area contributed by atoms with Crippen LogP contribution in [0.15, 0.2) is 36.0 Å². The van der Waals surface area contributed by atoms with Crippen molar-refractivity contribution in [2.75, 3.05) is 16.8 Å². The van der Waals surface area contributed by atoms with Gasteiger partial charge in [0.1, 0.15) is 5.02 Å². The number of nitrogens with one attached hydrogen (secondary N) is 1. The molecule has 1 heterocycles. The summed E-state index contributed by atoms with van der Waals surface area (Å²) in [7, 11) is 0. The lowest BCUT2D eigenvalue weighted by atomic mass is 10.3. The first-order valence-corrected chi connectivity index (χ1v) is 7.95. The smallest absolute Gasteiger partial charge is 0.289 e. The van der Waals surface area contributed by atoms with Gasteiger partial charge in [-0.3, -0.25) is 19.5 Å². The molecule has 0 bridgehead atoms. The predicted octanol–water partition coefficient (Wildman–Crippen LogP) is 2.34. The molecule has 0 aliphatic rings. The van der Waals surface area contributed by atoms with Crippen molar-refractivity contribution >= 4 is 46.6 Å². The average molecular weight is 369 g/mol. The van der Waals surface area contributed by atoms with Crippen molar-refractivity contribution in [3.63, 3.8) is 0 Å². The molecule has 24 heavy (non-hydrogen) atoms. The lowest BCUT2D eigenvalue weighted by Crippen LogP contribution is -2.15. The molecule has 1 aromatic carbocycles. The second-order valence-corrected chi connectivity index (χ2v) is 5.85. The molecule has 0 saturated carbocycles. The summed E-state index contributed by atoms with van der Waals surface area (Å²) in [6, 6.07) is 4.03. The molecule has 0 saturated heterocycles. The molecule has 2 aromatic rings. The number of halogens is 1. The highest BCUT2D eigenvalue weighted by Gasteiger charge is 2.15. The first-order valence-electron chi connectivity index (χ1n) is 6.58. The van der Waals surface area contributed by atoms with E-state index in [1.807, 2.05) is 0 Å². The zero-order chi connectivity index (χ0) is 17.7. The lowest BCUT2D eigenvalue weighted by Gasteiger charge is -2.06. The highest BCUT2D eigenvalue weighted by Crippen LogP contribution is 2.27. The Labute approximate surface area is 146 Å². The van der Waals surface area contributed by atoms with Crippen LogP contribution in [0.1, 0.15) is 0 Å². The molecule has 1 aromatic heterocycles. The maximum absolute atomic E-state index is 12.0. The Morgan fingerprint density at radius 2 is 2.29 bits per heavy atom. The van der Waals surface area contributed by atoms with Crippen LogP contribution in [0.4, 0.5) is 17.3 Å². The van der Waals surface area contributed by atoms with E-state index in [0.29, 0.717) is 11.7 Å². The highest BCUT2D eigenvalue weighted by molar-refractivity contribution is 7.99. The Balaban J connectivity index is 2.00. The molecule has 1 amide bonds. The Bertz CT molecular complexity index is 794. The van der Waals surface area contributed by atoms with Crippen LogP contribution in [0.3, 0.4) is 0 Å². The fourth-order valence-corrected chi connectivity index (χ4v) is 2.71. The van der Waals surface area contributed by atoms with Crippen molar-refractivity contribution in [3.05, 3.63) is 46.0 Å². The van der Waals surface area contributed by atoms with E-state index in [0.717, 1.165) is 11.8 Å². The van der Waals surface area contributed by atoms with Crippen molar-refractivity contribution in [3.8, 4) is 0 Å². The molecule has 2 rings (SSSR count). The molecule has 0 aliphatic heterocycles. The minimum absolute atomic E-state index is 0.000348. The number of carbonyl (C=O) groups is 1. The third kappa shape index (κ3) is 4.24. The number of nitrogen functional groups attached to an aromatic ring is 1. The summed E-state index contributed by atoms with van der Waals surface area (Å²) in [6.07, 6.45) is 1.64. The van der Waals surface area contributed by atoms with Crippen LogP contribution in [0.5, 0.6) is 0 Å². The quantitative estimate of drug-likeness (QED) is 0.332. The summed E-state index contributed by atoms with van der Waals surface area (Å²) in [5.74, 6) is -0.0967. The minimum Gasteiger partial charge on any atom is -0.368 e. The summed E-state index contributed by atoms with van der Waals surface area (Å²) >= 11 is 6.86. The number of anilines is 2. The number of nitrogens with zero attached hydrogens (tertiary/aromatic N) is 4. The second kappa shape index (κ2) is 7.79. The highest BCUT2D eigenvalue weighted by atomic mass is 35.5. The molecule has 0 aliphatic carbocycles. The van der Waals surface area contributed by atoms with Gasteiger partial charge in [-0.2, -0.15) is 0 Å². The number of hydrogen-bond acceptors (Lipinski definition) is 7. The van der Waals surface area contributed by atoms with E-state index in [1.54, 1.807) is 10.6 Å². The van der Waals surface area contributed by atoms with E-state index in [4.69, 9.17) is 17.3 Å². The number of nitro groups is 1. The van der Waals surface area contributed by atoms with Gasteiger partial charge in [0.25, 0.3) is 5.69 Å². The number of thioether (sulfide) groups is 1. The number of aromatic nitrogens is 3. The van der Waals surface area contributed by atoms with E-state index in [9.17, 15) is 14.9 Å². The standard InChI is InChI=1S/C13H13ClN6O3S/c1-2-5-19-12(15)17-18-13(19)24-7-11(21)16-8-3-4-9(14)10(6-8)20(22)23/h2-4,6H,1,5,7H2,(H2,15,17)(H,16,21). The van der Waals surface area contributed by atoms with E-state index in [2.05, 4.69) is 22.1 Å². The zero-order valence-corrected chi connectivity index (χ0v) is 13.9. The maximum Gasteiger partial charge on any atom is 0.289 e. The minimum atomic E-state index is -0.618. The number of hydrogen-bond donors (Lipinski definition) is 2. The summed E-state index contributed by atoms with van der Waals surface area (Å²) in [6.45, 7) is 4.03. The molecular formula is C13H13ClN6O3S. The largest absolute Gasteiger partial charge is 0.368 e. The first-order chi connectivity index (χ1) is 11.4. The Morgan fingerprint density at radius 3 is 2.96 bits per heavy atom. The second-order valence-electron chi connectivity index (χ2n) is 4.50. The number of amides is 1. The van der Waals surface area contributed by atoms with Crippen molar-refractivity contribution in [2.45, 2.75) is 11.7 Å². The summed E-state index contributed by atoms with van der Waals surface area (Å²) in [5.41, 5.74) is 5.67. The Hall–Kier alpha value is -2.59. The lowest BCUT2D eigenvalue weighted by molar-refractivity contribution is -0.384. The van der Waals surface area contributed by atoms with Gasteiger partial charge in [0, 0.05) is 18.3 Å². The average Bonchev–Trinajstić information content (AvgIpc) is 2.88. The van der Waals surface area contributed by atoms with E-state index in [1.165, 1.54) is 18.2 Å². The van der Waals surface area contributed by atoms with Crippen LogP contribution >= 0.6 is 23.4 Å². The Kier molecular flexibility index (Phi) is 5.77. The first kappa shape index (κ1) is 17.8. The molecule has 0 fully saturated rings. The van der Waals surface area contributed by atoms with Gasteiger partial charge in [0.05, 0.1) is 10.7 Å². The van der Waals surface area contributed by atoms with E-state index in [-0.39, 0.29) is 34.0 Å². The van der Waals surface area contributed by atoms with Crippen molar-refractivity contribution in [1.82, 2.24) is 14.8 Å². The van der Waals surface area contributed by atoms with Crippen LogP contribution in [0.25, 0.3) is 0 Å². The third-order valence-electron chi connectivity index (χ3n) is 2.82. The number of carbonyl (C=O) groups excluding carboxylic acids is 1. The number of allylic oxidation sites excluding steroid dienone is 1. The van der Waals surface area contributed by atoms with Crippen molar-refractivity contribution in [1.29, 1.82) is 0 Å². The number of nitrogens with two attached hydrogens (primary N) is 1. The van der Waals surface area contributed by atoms with Gasteiger partial charge >= 0.3 is 0 Å². The monoisotopic (exact) mass is 368 g/mol. The van der Waals surface area contributed by atoms with Crippen LogP contribution < -0.4 is 11.1 Å². The molecule has 126 valence electrons. The number of rotatable bonds is 7. The van der Waals surface area contributed by atoms with E-state index < -0.39 is 4.92 Å². The molecule has 0 radical (unpaired) electrons. The SMILES string of the molecule is C=CCn1c(N)nnc1SCC(=O)Nc1ccc(Cl)c([N+](=O)[O-])c1. The fraction of sp³-hybridized carbons (Fsp3) is 0.154. The topological polar surface area (TPSA) is 129 Å². The summed E-state index contributed by atoms with van der Waals surface area (Å²) in [4.78, 5) is 22.2. The molecule has 0 spiro atoms. The zero-order valence-electron chi connectivity index (χ0n) is 12.3. The molecule has 0 unspecified atom stereocenters. The van der Waals surface area contributed by atoms with Crippen molar-refractivity contribution in [2.24, 2.45) is 0 Å². The molecule has 9 nitrogen and oxygen atoms in total. The van der Waals surface area contributed by atoms with Gasteiger partial charge in [-0.25, -0.2) is 0 Å². The van der Waals surface area contributed by atoms with Crippen LogP contribution in [0, 0.1) is 10.1 Å². The predicted molar refractivity (Wildman–Crippen MR) is 92.1 cm³/mol. The van der Waals surface area contributed by atoms with Gasteiger partial charge in [-0.05, 0) is 12.1 Å². The molecule has 3 N–H and O–H groups in total. The molecular weight excluding hydrogens is 356 g/mol. The fourth-order valence-electron chi connectivity index (χ4n) is 1.76. The van der Waals surface area contributed by atoms with E-state index >= 15 is 0 Å². The van der Waals surface area contributed by atoms with Gasteiger partial charge in [-0.15, -0.1) is 16.8 Å². The van der Waals surface area contributed by atoms with Gasteiger partial charge in [-0.1, -0.05) is 29.4 Å². The van der Waals surface area contributed by atoms with Crippen LogP contribution in [-0.2, 0) is 11.3 Å². The third-order valence-corrected chi connectivity index (χ3v) is 4.10. The van der Waals surface area contributed by atoms with Gasteiger partial charge in [0.2, 0.25) is 11.9 Å². The summed E-state index contributed by atoms with van der Waals surface area (Å²) in [5, 5.41) is 21.5.